The Kier molecular flexibility index (Phi) is 4.83. The van der Waals surface area contributed by atoms with E-state index in [0.717, 1.165) is 0 Å². The number of nitrogens with zero attached hydrogens (tertiary/aromatic N) is 1. The summed E-state index contributed by atoms with van der Waals surface area (Å²) in [6.07, 6.45) is 0. The zero-order chi connectivity index (χ0) is 16.0. The third kappa shape index (κ3) is 3.03. The quantitative estimate of drug-likeness (QED) is 0.522. The summed E-state index contributed by atoms with van der Waals surface area (Å²) in [7, 11) is 0.725. The first-order chi connectivity index (χ1) is 11.4. The van der Waals surface area contributed by atoms with Crippen LogP contribution in [-0.4, -0.2) is 22.6 Å². The van der Waals surface area contributed by atoms with Gasteiger partial charge in [-0.1, -0.05) is 0 Å². The monoisotopic (exact) mass is 315 g/mol. The fraction of sp³-hybridized carbons (Fsp3) is 0.0526. The Morgan fingerprint density at radius 3 is 1.30 bits per heavy atom. The molecule has 0 saturated heterocycles. The van der Waals surface area contributed by atoms with Crippen molar-refractivity contribution in [2.24, 2.45) is 4.90 Å². The summed E-state index contributed by atoms with van der Waals surface area (Å²) < 4.78 is 6.38. The molecule has 0 N–H and O–H groups in total. The molecule has 0 aliphatic rings. The molecule has 0 atom stereocenters. The van der Waals surface area contributed by atoms with Crippen LogP contribution in [0.4, 0.5) is 0 Å². The van der Waals surface area contributed by atoms with Gasteiger partial charge in [-0.15, -0.1) is 0 Å². The number of benzene rings is 3. The molecule has 0 aliphatic carbocycles. The molecule has 2 nitrogen and oxygen atoms in total. The van der Waals surface area contributed by atoms with Crippen molar-refractivity contribution in [1.82, 2.24) is 0 Å². The molecule has 23 heavy (non-hydrogen) atoms. The van der Waals surface area contributed by atoms with Crippen LogP contribution >= 0.6 is 0 Å². The van der Waals surface area contributed by atoms with Crippen molar-refractivity contribution in [3.05, 3.63) is 91.0 Å². The van der Waals surface area contributed by atoms with Crippen molar-refractivity contribution in [3.8, 4) is 0 Å². The van der Waals surface area contributed by atoms with E-state index in [4.69, 9.17) is 4.34 Å². The van der Waals surface area contributed by atoms with Gasteiger partial charge < -0.3 is 0 Å². The Bertz CT molecular complexity index is 666. The van der Waals surface area contributed by atoms with E-state index in [1.54, 1.807) is 14.3 Å². The van der Waals surface area contributed by atoms with Crippen LogP contribution in [0.2, 0.25) is 0 Å². The second-order valence-electron chi connectivity index (χ2n) is 5.26. The summed E-state index contributed by atoms with van der Waals surface area (Å²) >= 11 is 0. The second-order valence-corrected chi connectivity index (χ2v) is 8.59. The van der Waals surface area contributed by atoms with E-state index >= 15 is 0 Å². The molecule has 0 aromatic heterocycles. The molecule has 0 fully saturated rings. The van der Waals surface area contributed by atoms with E-state index in [2.05, 4.69) is 77.7 Å². The molecule has 112 valence electrons. The maximum atomic E-state index is 6.38. The normalized spacial score (nSPS) is 11.2. The van der Waals surface area contributed by atoms with Crippen LogP contribution in [0.5, 0.6) is 0 Å². The topological polar surface area (TPSA) is 21.6 Å². The second kappa shape index (κ2) is 7.20. The molecule has 3 aromatic carbocycles. The minimum atomic E-state index is -2.59. The van der Waals surface area contributed by atoms with Gasteiger partial charge in [0.05, 0.1) is 0 Å². The molecule has 0 heterocycles. The van der Waals surface area contributed by atoms with E-state index in [1.165, 1.54) is 15.6 Å². The van der Waals surface area contributed by atoms with Crippen LogP contribution in [0.15, 0.2) is 95.9 Å². The number of hydrogen-bond donors (Lipinski definition) is 0. The Balaban J connectivity index is 2.30. The Morgan fingerprint density at radius 1 is 0.652 bits per heavy atom. The van der Waals surface area contributed by atoms with Crippen molar-refractivity contribution in [3.63, 3.8) is 0 Å². The molecule has 0 aliphatic heterocycles. The van der Waals surface area contributed by atoms with E-state index in [1.807, 2.05) is 18.2 Å². The number of hydrogen-bond acceptors (Lipinski definition) is 2. The third-order valence-electron chi connectivity index (χ3n) is 3.88. The van der Waals surface area contributed by atoms with Gasteiger partial charge in [0, 0.05) is 0 Å². The van der Waals surface area contributed by atoms with Gasteiger partial charge in [-0.2, -0.15) is 0 Å². The van der Waals surface area contributed by atoms with E-state index in [0.29, 0.717) is 0 Å². The first-order valence-corrected chi connectivity index (χ1v) is 9.54. The van der Waals surface area contributed by atoms with Crippen LogP contribution < -0.4 is 15.6 Å². The van der Waals surface area contributed by atoms with Crippen LogP contribution in [0.25, 0.3) is 0 Å². The Labute approximate surface area is 138 Å². The Hall–Kier alpha value is -2.46. The maximum absolute atomic E-state index is 6.38. The van der Waals surface area contributed by atoms with Crippen molar-refractivity contribution >= 4 is 31.2 Å². The molecule has 3 rings (SSSR count). The van der Waals surface area contributed by atoms with Crippen LogP contribution in [0.3, 0.4) is 0 Å². The summed E-state index contributed by atoms with van der Waals surface area (Å²) in [5, 5.41) is 3.62. The van der Waals surface area contributed by atoms with Crippen molar-refractivity contribution in [2.45, 2.75) is 0 Å². The first-order valence-electron chi connectivity index (χ1n) is 7.63. The van der Waals surface area contributed by atoms with Crippen molar-refractivity contribution < 1.29 is 4.34 Å². The zero-order valence-corrected chi connectivity index (χ0v) is 14.1. The predicted molar refractivity (Wildman–Crippen MR) is 99.2 cm³/mol. The summed E-state index contributed by atoms with van der Waals surface area (Å²) in [4.78, 5) is 4.08. The Morgan fingerprint density at radius 2 is 1.00 bits per heavy atom. The SMILES string of the molecule is C/N=B/O[Si](c1ccccc1)(c1ccccc1)c1ccccc1. The fourth-order valence-corrected chi connectivity index (χ4v) is 6.51. The van der Waals surface area contributed by atoms with Crippen LogP contribution in [0, 0.1) is 0 Å². The van der Waals surface area contributed by atoms with E-state index in [-0.39, 0.29) is 0 Å². The van der Waals surface area contributed by atoms with Gasteiger partial charge >= 0.3 is 138 Å². The predicted octanol–water partition coefficient (Wildman–Crippen LogP) is 2.10. The minimum absolute atomic E-state index is 1.21. The van der Waals surface area contributed by atoms with Crippen LogP contribution in [-0.2, 0) is 4.34 Å². The molecule has 3 aromatic rings. The van der Waals surface area contributed by atoms with Crippen molar-refractivity contribution in [1.29, 1.82) is 0 Å². The summed E-state index contributed by atoms with van der Waals surface area (Å²) in [5.74, 6) is 0. The molecular weight excluding hydrogens is 297 g/mol. The number of rotatable bonds is 5. The summed E-state index contributed by atoms with van der Waals surface area (Å²) in [5.41, 5.74) is 0. The van der Waals surface area contributed by atoms with Gasteiger partial charge in [-0.25, -0.2) is 0 Å². The van der Waals surface area contributed by atoms with Gasteiger partial charge in [0.1, 0.15) is 0 Å². The summed E-state index contributed by atoms with van der Waals surface area (Å²) in [6, 6.07) is 31.4. The van der Waals surface area contributed by atoms with Crippen LogP contribution in [0.1, 0.15) is 0 Å². The third-order valence-corrected chi connectivity index (χ3v) is 7.77. The first kappa shape index (κ1) is 15.4. The van der Waals surface area contributed by atoms with Gasteiger partial charge in [0.2, 0.25) is 0 Å². The van der Waals surface area contributed by atoms with Gasteiger partial charge in [-0.05, 0) is 0 Å². The zero-order valence-electron chi connectivity index (χ0n) is 13.1. The average Bonchev–Trinajstić information content (AvgIpc) is 2.65. The standard InChI is InChI=1S/C19H18BNOSi/c1-21-20-22-23(17-11-5-2-6-12-17,18-13-7-3-8-14-18)19-15-9-4-10-16-19/h2-16H,1H3. The summed E-state index contributed by atoms with van der Waals surface area (Å²) in [6.45, 7) is 0. The fourth-order valence-electron chi connectivity index (χ4n) is 2.85. The molecule has 0 amide bonds. The van der Waals surface area contributed by atoms with Gasteiger partial charge in [0.15, 0.2) is 0 Å². The molecule has 0 bridgehead atoms. The van der Waals surface area contributed by atoms with E-state index < -0.39 is 8.32 Å². The average molecular weight is 315 g/mol. The van der Waals surface area contributed by atoms with Crippen molar-refractivity contribution in [2.75, 3.05) is 7.05 Å². The molecule has 0 spiro atoms. The molecule has 0 saturated carbocycles. The van der Waals surface area contributed by atoms with Gasteiger partial charge in [-0.3, -0.25) is 0 Å². The van der Waals surface area contributed by atoms with Gasteiger partial charge in [0.25, 0.3) is 0 Å². The molecule has 0 unspecified atom stereocenters. The molecular formula is C19H18BNOSi. The van der Waals surface area contributed by atoms with E-state index in [9.17, 15) is 0 Å². The molecule has 4 heteroatoms. The molecule has 0 radical (unpaired) electrons.